The number of hydrogen-bond donors (Lipinski definition) is 0. The molecule has 0 aromatic carbocycles. The van der Waals surface area contributed by atoms with Crippen molar-refractivity contribution in [3.8, 4) is 0 Å². The van der Waals surface area contributed by atoms with E-state index >= 15 is 0 Å². The first-order valence-corrected chi connectivity index (χ1v) is 8.29. The summed E-state index contributed by atoms with van der Waals surface area (Å²) in [6, 6.07) is 0.821. The highest BCUT2D eigenvalue weighted by Gasteiger charge is 2.55. The predicted molar refractivity (Wildman–Crippen MR) is 78.4 cm³/mol. The maximum Gasteiger partial charge on any atom is 0.435 e. The number of rotatable bonds is 5. The lowest BCUT2D eigenvalue weighted by molar-refractivity contribution is -0.141. The van der Waals surface area contributed by atoms with E-state index in [-0.39, 0.29) is 23.1 Å². The summed E-state index contributed by atoms with van der Waals surface area (Å²) < 4.78 is 45.4. The lowest BCUT2D eigenvalue weighted by Gasteiger charge is -2.50. The van der Waals surface area contributed by atoms with E-state index in [4.69, 9.17) is 4.74 Å². The van der Waals surface area contributed by atoms with Crippen molar-refractivity contribution >= 4 is 5.91 Å². The van der Waals surface area contributed by atoms with Crippen molar-refractivity contribution in [1.29, 1.82) is 0 Å². The second-order valence-electron chi connectivity index (χ2n) is 7.32. The fourth-order valence-corrected chi connectivity index (χ4v) is 3.76. The van der Waals surface area contributed by atoms with Crippen molar-refractivity contribution in [1.82, 2.24) is 14.7 Å². The molecule has 8 heteroatoms. The molecular weight excluding hydrogens is 323 g/mol. The molecule has 2 saturated carbocycles. The minimum atomic E-state index is -4.53. The molecule has 24 heavy (non-hydrogen) atoms. The molecule has 0 unspecified atom stereocenters. The molecule has 0 spiro atoms. The third kappa shape index (κ3) is 2.60. The fourth-order valence-electron chi connectivity index (χ4n) is 3.76. The molecule has 1 aromatic heterocycles. The Morgan fingerprint density at radius 2 is 2.00 bits per heavy atom. The van der Waals surface area contributed by atoms with Crippen molar-refractivity contribution in [3.63, 3.8) is 0 Å². The first kappa shape index (κ1) is 15.9. The molecule has 5 nitrogen and oxygen atoms in total. The zero-order chi connectivity index (χ0) is 17.1. The van der Waals surface area contributed by atoms with Crippen LogP contribution in [-0.4, -0.2) is 47.4 Å². The van der Waals surface area contributed by atoms with Gasteiger partial charge in [-0.1, -0.05) is 0 Å². The predicted octanol–water partition coefficient (Wildman–Crippen LogP) is 2.74. The van der Waals surface area contributed by atoms with E-state index in [2.05, 4.69) is 5.10 Å². The van der Waals surface area contributed by atoms with Crippen LogP contribution in [0.4, 0.5) is 13.2 Å². The Bertz CT molecular complexity index is 656. The summed E-state index contributed by atoms with van der Waals surface area (Å²) in [5.74, 6) is 0.220. The quantitative estimate of drug-likeness (QED) is 0.826. The van der Waals surface area contributed by atoms with Crippen LogP contribution in [0.1, 0.15) is 47.9 Å². The van der Waals surface area contributed by atoms with E-state index in [9.17, 15) is 18.0 Å². The van der Waals surface area contributed by atoms with Crippen molar-refractivity contribution in [2.24, 2.45) is 11.3 Å². The van der Waals surface area contributed by atoms with Crippen LogP contribution in [0.3, 0.4) is 0 Å². The second kappa shape index (κ2) is 5.21. The first-order chi connectivity index (χ1) is 11.3. The van der Waals surface area contributed by atoms with Gasteiger partial charge in [-0.3, -0.25) is 9.48 Å². The molecule has 0 atom stereocenters. The molecule has 1 aromatic rings. The van der Waals surface area contributed by atoms with E-state index in [0.717, 1.165) is 31.7 Å². The van der Waals surface area contributed by atoms with Crippen molar-refractivity contribution in [2.45, 2.75) is 37.9 Å². The van der Waals surface area contributed by atoms with Gasteiger partial charge in [0, 0.05) is 31.7 Å². The Kier molecular flexibility index (Phi) is 3.46. The fraction of sp³-hybridized carbons (Fsp3) is 0.750. The van der Waals surface area contributed by atoms with E-state index in [1.54, 1.807) is 12.0 Å². The summed E-state index contributed by atoms with van der Waals surface area (Å²) in [6.07, 6.45) is -0.699. The van der Waals surface area contributed by atoms with E-state index < -0.39 is 11.9 Å². The highest BCUT2D eigenvalue weighted by molar-refractivity contribution is 5.93. The number of amides is 1. The highest BCUT2D eigenvalue weighted by atomic mass is 19.4. The lowest BCUT2D eigenvalue weighted by Crippen LogP contribution is -2.61. The molecule has 132 valence electrons. The highest BCUT2D eigenvalue weighted by Crippen LogP contribution is 2.51. The number of aromatic nitrogens is 2. The second-order valence-corrected chi connectivity index (χ2v) is 7.32. The number of methoxy groups -OCH3 is 1. The van der Waals surface area contributed by atoms with Gasteiger partial charge in [0.05, 0.1) is 12.6 Å². The number of alkyl halides is 3. The average Bonchev–Trinajstić information content (AvgIpc) is 3.38. The molecular formula is C16H20F3N3O2. The van der Waals surface area contributed by atoms with Crippen LogP contribution in [0.15, 0.2) is 6.07 Å². The van der Waals surface area contributed by atoms with Crippen LogP contribution in [-0.2, 0) is 10.9 Å². The Balaban J connectivity index is 1.54. The number of ether oxygens (including phenoxy) is 1. The summed E-state index contributed by atoms with van der Waals surface area (Å²) in [5.41, 5.74) is -0.933. The standard InChI is InChI=1S/C16H20F3N3O2/c1-24-9-15(10-2-3-10)7-21(8-15)14(23)12-6-13(16(17,18)19)20-22(12)11-4-5-11/h6,10-11H,2-5,7-9H2,1H3. The molecule has 3 fully saturated rings. The summed E-state index contributed by atoms with van der Waals surface area (Å²) in [6.45, 7) is 1.71. The number of hydrogen-bond acceptors (Lipinski definition) is 3. The SMILES string of the molecule is COCC1(C2CC2)CN(C(=O)c2cc(C(F)(F)F)nn2C2CC2)C1. The third-order valence-electron chi connectivity index (χ3n) is 5.31. The molecule has 1 amide bonds. The number of carbonyl (C=O) groups is 1. The Morgan fingerprint density at radius 3 is 2.50 bits per heavy atom. The van der Waals surface area contributed by atoms with Crippen LogP contribution < -0.4 is 0 Å². The lowest BCUT2D eigenvalue weighted by atomic mass is 9.75. The molecule has 0 N–H and O–H groups in total. The molecule has 1 saturated heterocycles. The van der Waals surface area contributed by atoms with E-state index in [0.29, 0.717) is 25.6 Å². The van der Waals surface area contributed by atoms with Gasteiger partial charge in [-0.15, -0.1) is 0 Å². The molecule has 2 heterocycles. The number of likely N-dealkylation sites (tertiary alicyclic amines) is 1. The molecule has 2 aliphatic carbocycles. The molecule has 0 radical (unpaired) electrons. The van der Waals surface area contributed by atoms with Gasteiger partial charge >= 0.3 is 6.18 Å². The topological polar surface area (TPSA) is 47.4 Å². The number of halogens is 3. The monoisotopic (exact) mass is 343 g/mol. The molecule has 0 bridgehead atoms. The number of carbonyl (C=O) groups excluding carboxylic acids is 1. The van der Waals surface area contributed by atoms with Gasteiger partial charge < -0.3 is 9.64 Å². The minimum Gasteiger partial charge on any atom is -0.384 e. The number of nitrogens with zero attached hydrogens (tertiary/aromatic N) is 3. The first-order valence-electron chi connectivity index (χ1n) is 8.29. The van der Waals surface area contributed by atoms with Gasteiger partial charge in [-0.2, -0.15) is 18.3 Å². The summed E-state index contributed by atoms with van der Waals surface area (Å²) in [7, 11) is 1.65. The Hall–Kier alpha value is -1.57. The molecule has 4 rings (SSSR count). The van der Waals surface area contributed by atoms with Crippen LogP contribution >= 0.6 is 0 Å². The van der Waals surface area contributed by atoms with Gasteiger partial charge in [0.2, 0.25) is 0 Å². The van der Waals surface area contributed by atoms with E-state index in [1.165, 1.54) is 4.68 Å². The minimum absolute atomic E-state index is 0.0122. The average molecular weight is 343 g/mol. The largest absolute Gasteiger partial charge is 0.435 e. The van der Waals surface area contributed by atoms with Crippen LogP contribution in [0, 0.1) is 11.3 Å². The Labute approximate surface area is 137 Å². The van der Waals surface area contributed by atoms with Gasteiger partial charge in [0.15, 0.2) is 5.69 Å². The van der Waals surface area contributed by atoms with Gasteiger partial charge in [-0.05, 0) is 31.6 Å². The molecule has 3 aliphatic rings. The summed E-state index contributed by atoms with van der Waals surface area (Å²) >= 11 is 0. The van der Waals surface area contributed by atoms with Gasteiger partial charge in [0.25, 0.3) is 5.91 Å². The maximum absolute atomic E-state index is 12.9. The van der Waals surface area contributed by atoms with Crippen LogP contribution in [0.25, 0.3) is 0 Å². The Morgan fingerprint density at radius 1 is 1.33 bits per heavy atom. The zero-order valence-corrected chi connectivity index (χ0v) is 13.5. The van der Waals surface area contributed by atoms with Crippen molar-refractivity contribution < 1.29 is 22.7 Å². The van der Waals surface area contributed by atoms with Crippen LogP contribution in [0.2, 0.25) is 0 Å². The zero-order valence-electron chi connectivity index (χ0n) is 13.5. The van der Waals surface area contributed by atoms with Crippen LogP contribution in [0.5, 0.6) is 0 Å². The van der Waals surface area contributed by atoms with Crippen molar-refractivity contribution in [2.75, 3.05) is 26.8 Å². The third-order valence-corrected chi connectivity index (χ3v) is 5.31. The molecule has 1 aliphatic heterocycles. The van der Waals surface area contributed by atoms with E-state index in [1.807, 2.05) is 0 Å². The normalized spacial score (nSPS) is 23.2. The summed E-state index contributed by atoms with van der Waals surface area (Å²) in [4.78, 5) is 14.3. The summed E-state index contributed by atoms with van der Waals surface area (Å²) in [5, 5.41) is 3.64. The van der Waals surface area contributed by atoms with Crippen molar-refractivity contribution in [3.05, 3.63) is 17.5 Å². The van der Waals surface area contributed by atoms with Gasteiger partial charge in [-0.25, -0.2) is 0 Å². The smallest absolute Gasteiger partial charge is 0.384 e. The van der Waals surface area contributed by atoms with Gasteiger partial charge in [0.1, 0.15) is 5.69 Å². The maximum atomic E-state index is 12.9.